The quantitative estimate of drug-likeness (QED) is 0.886. The van der Waals surface area contributed by atoms with E-state index in [0.29, 0.717) is 12.4 Å². The molecule has 7 nitrogen and oxygen atoms in total. The Hall–Kier alpha value is -1.73. The molecule has 0 spiro atoms. The first kappa shape index (κ1) is 14.2. The minimum Gasteiger partial charge on any atom is -0.383 e. The molecule has 3 rings (SSSR count). The monoisotopic (exact) mass is 290 g/mol. The lowest BCUT2D eigenvalue weighted by atomic mass is 10.1. The number of aromatic nitrogens is 4. The summed E-state index contributed by atoms with van der Waals surface area (Å²) in [5, 5.41) is 4.98. The molecule has 0 amide bonds. The zero-order chi connectivity index (χ0) is 15.2. The number of nitrogens with zero attached hydrogens (tertiary/aromatic N) is 5. The van der Waals surface area contributed by atoms with E-state index in [9.17, 15) is 0 Å². The van der Waals surface area contributed by atoms with E-state index in [0.717, 1.165) is 29.9 Å². The maximum atomic E-state index is 6.01. The van der Waals surface area contributed by atoms with Crippen LogP contribution in [0.1, 0.15) is 26.6 Å². The topological polar surface area (TPSA) is 82.1 Å². The number of aryl methyl sites for hydroxylation is 1. The fourth-order valence-electron chi connectivity index (χ4n) is 3.07. The lowest BCUT2D eigenvalue weighted by Crippen LogP contribution is -2.51. The highest BCUT2D eigenvalue weighted by Gasteiger charge is 2.31. The minimum absolute atomic E-state index is 0.153. The molecule has 0 bridgehead atoms. The zero-order valence-corrected chi connectivity index (χ0v) is 13.0. The first-order chi connectivity index (χ1) is 9.84. The molecule has 0 aliphatic carbocycles. The van der Waals surface area contributed by atoms with E-state index < -0.39 is 0 Å². The van der Waals surface area contributed by atoms with Gasteiger partial charge in [-0.15, -0.1) is 0 Å². The number of anilines is 1. The van der Waals surface area contributed by atoms with Gasteiger partial charge in [0, 0.05) is 20.1 Å². The molecule has 1 atom stereocenters. The largest absolute Gasteiger partial charge is 0.383 e. The van der Waals surface area contributed by atoms with E-state index in [4.69, 9.17) is 10.5 Å². The number of rotatable bonds is 2. The minimum atomic E-state index is -0.153. The van der Waals surface area contributed by atoms with Crippen molar-refractivity contribution in [1.82, 2.24) is 24.6 Å². The van der Waals surface area contributed by atoms with Crippen LogP contribution in [0.5, 0.6) is 0 Å². The zero-order valence-electron chi connectivity index (χ0n) is 13.0. The van der Waals surface area contributed by atoms with Gasteiger partial charge < -0.3 is 10.5 Å². The van der Waals surface area contributed by atoms with Gasteiger partial charge in [-0.3, -0.25) is 9.58 Å². The van der Waals surface area contributed by atoms with Crippen molar-refractivity contribution in [2.24, 2.45) is 7.05 Å². The summed E-state index contributed by atoms with van der Waals surface area (Å²) in [6.07, 6.45) is 1.90. The van der Waals surface area contributed by atoms with E-state index in [1.54, 1.807) is 10.9 Å². The van der Waals surface area contributed by atoms with E-state index in [1.165, 1.54) is 0 Å². The van der Waals surface area contributed by atoms with Gasteiger partial charge in [0.2, 0.25) is 0 Å². The second-order valence-corrected chi connectivity index (χ2v) is 6.39. The Morgan fingerprint density at radius 3 is 2.90 bits per heavy atom. The predicted octanol–water partition coefficient (Wildman–Crippen LogP) is 0.945. The van der Waals surface area contributed by atoms with Crippen molar-refractivity contribution in [3.05, 3.63) is 12.0 Å². The van der Waals surface area contributed by atoms with Crippen molar-refractivity contribution >= 4 is 16.9 Å². The highest BCUT2D eigenvalue weighted by Crippen LogP contribution is 2.23. The summed E-state index contributed by atoms with van der Waals surface area (Å²) in [5.41, 5.74) is 6.63. The Morgan fingerprint density at radius 2 is 2.19 bits per heavy atom. The number of nitrogens with two attached hydrogens (primary N) is 1. The maximum Gasteiger partial charge on any atom is 0.163 e. The van der Waals surface area contributed by atoms with Crippen LogP contribution in [0.25, 0.3) is 11.0 Å². The number of hydrogen-bond donors (Lipinski definition) is 1. The van der Waals surface area contributed by atoms with Gasteiger partial charge >= 0.3 is 0 Å². The molecule has 1 aliphatic heterocycles. The smallest absolute Gasteiger partial charge is 0.163 e. The Kier molecular flexibility index (Phi) is 3.33. The van der Waals surface area contributed by atoms with Crippen molar-refractivity contribution < 1.29 is 4.74 Å². The highest BCUT2D eigenvalue weighted by molar-refractivity contribution is 5.84. The second-order valence-electron chi connectivity index (χ2n) is 6.39. The predicted molar refractivity (Wildman–Crippen MR) is 80.6 cm³/mol. The van der Waals surface area contributed by atoms with Crippen molar-refractivity contribution in [3.8, 4) is 0 Å². The third kappa shape index (κ3) is 2.84. The van der Waals surface area contributed by atoms with E-state index >= 15 is 0 Å². The molecule has 2 N–H and O–H groups in total. The lowest BCUT2D eigenvalue weighted by Gasteiger charge is -2.41. The van der Waals surface area contributed by atoms with Gasteiger partial charge in [-0.25, -0.2) is 9.97 Å². The summed E-state index contributed by atoms with van der Waals surface area (Å²) in [5.74, 6) is 1.22. The van der Waals surface area contributed by atoms with Gasteiger partial charge in [0.05, 0.1) is 29.8 Å². The first-order valence-corrected chi connectivity index (χ1v) is 7.18. The molecule has 0 saturated carbocycles. The number of ether oxygens (including phenoxy) is 1. The number of hydrogen-bond acceptors (Lipinski definition) is 6. The second kappa shape index (κ2) is 4.92. The van der Waals surface area contributed by atoms with Crippen LogP contribution >= 0.6 is 0 Å². The number of fused-ring (bicyclic) bond motifs is 1. The normalized spacial score (nSPS) is 22.8. The third-order valence-corrected chi connectivity index (χ3v) is 3.67. The summed E-state index contributed by atoms with van der Waals surface area (Å²) in [6.45, 7) is 8.69. The Balaban J connectivity index is 1.86. The summed E-state index contributed by atoms with van der Waals surface area (Å²) < 4.78 is 7.65. The molecule has 2 aromatic rings. The number of nitrogen functional groups attached to an aromatic ring is 1. The molecule has 0 aromatic carbocycles. The fourth-order valence-corrected chi connectivity index (χ4v) is 3.07. The average molecular weight is 290 g/mol. The standard InChI is InChI=1S/C14H22N6O/c1-9-6-20(8-14(2,3)21-9)7-11-17-12(15)10-5-16-19(4)13(10)18-11/h5,9H,6-8H2,1-4H3,(H2,15,17,18). The van der Waals surface area contributed by atoms with E-state index in [1.807, 2.05) is 7.05 Å². The van der Waals surface area contributed by atoms with Crippen LogP contribution in [-0.4, -0.2) is 49.4 Å². The summed E-state index contributed by atoms with van der Waals surface area (Å²) in [4.78, 5) is 11.3. The van der Waals surface area contributed by atoms with Crippen molar-refractivity contribution in [1.29, 1.82) is 0 Å². The van der Waals surface area contributed by atoms with E-state index in [-0.39, 0.29) is 11.7 Å². The molecule has 3 heterocycles. The van der Waals surface area contributed by atoms with E-state index in [2.05, 4.69) is 40.7 Å². The Labute approximate surface area is 124 Å². The van der Waals surface area contributed by atoms with Crippen LogP contribution in [-0.2, 0) is 18.3 Å². The van der Waals surface area contributed by atoms with Gasteiger partial charge in [0.25, 0.3) is 0 Å². The van der Waals surface area contributed by atoms with Crippen LogP contribution < -0.4 is 5.73 Å². The Bertz CT molecular complexity index is 665. The van der Waals surface area contributed by atoms with Crippen LogP contribution in [0.4, 0.5) is 5.82 Å². The van der Waals surface area contributed by atoms with Crippen LogP contribution in [0.3, 0.4) is 0 Å². The molecule has 1 aliphatic rings. The molecule has 2 aromatic heterocycles. The van der Waals surface area contributed by atoms with Crippen molar-refractivity contribution in [2.45, 2.75) is 39.0 Å². The fraction of sp³-hybridized carbons (Fsp3) is 0.643. The molecule has 114 valence electrons. The molecule has 1 saturated heterocycles. The summed E-state index contributed by atoms with van der Waals surface area (Å²) >= 11 is 0. The number of morpholine rings is 1. The van der Waals surface area contributed by atoms with Crippen molar-refractivity contribution in [3.63, 3.8) is 0 Å². The van der Waals surface area contributed by atoms with Gasteiger partial charge in [-0.2, -0.15) is 5.10 Å². The lowest BCUT2D eigenvalue weighted by molar-refractivity contribution is -0.131. The molecule has 1 fully saturated rings. The molecule has 0 radical (unpaired) electrons. The van der Waals surface area contributed by atoms with Crippen LogP contribution in [0.2, 0.25) is 0 Å². The molecular formula is C14H22N6O. The summed E-state index contributed by atoms with van der Waals surface area (Å²) in [7, 11) is 1.86. The molecule has 7 heteroatoms. The molecule has 21 heavy (non-hydrogen) atoms. The summed E-state index contributed by atoms with van der Waals surface area (Å²) in [6, 6.07) is 0. The third-order valence-electron chi connectivity index (χ3n) is 3.67. The Morgan fingerprint density at radius 1 is 1.43 bits per heavy atom. The SMILES string of the molecule is CC1CN(Cc2nc(N)c3cnn(C)c3n2)CC(C)(C)O1. The van der Waals surface area contributed by atoms with Crippen molar-refractivity contribution in [2.75, 3.05) is 18.8 Å². The van der Waals surface area contributed by atoms with Crippen LogP contribution in [0, 0.1) is 0 Å². The van der Waals surface area contributed by atoms with Gasteiger partial charge in [0.1, 0.15) is 11.6 Å². The molecule has 1 unspecified atom stereocenters. The molecular weight excluding hydrogens is 268 g/mol. The van der Waals surface area contributed by atoms with Crippen LogP contribution in [0.15, 0.2) is 6.20 Å². The highest BCUT2D eigenvalue weighted by atomic mass is 16.5. The van der Waals surface area contributed by atoms with Gasteiger partial charge in [-0.05, 0) is 20.8 Å². The van der Waals surface area contributed by atoms with Gasteiger partial charge in [-0.1, -0.05) is 0 Å². The maximum absolute atomic E-state index is 6.01. The first-order valence-electron chi connectivity index (χ1n) is 7.18. The average Bonchev–Trinajstić information content (AvgIpc) is 2.69. The van der Waals surface area contributed by atoms with Gasteiger partial charge in [0.15, 0.2) is 5.65 Å².